The van der Waals surface area contributed by atoms with Crippen LogP contribution in [0, 0.1) is 0 Å². The molecule has 0 saturated heterocycles. The Hall–Kier alpha value is -2.14. The second-order valence-electron chi connectivity index (χ2n) is 3.42. The first-order chi connectivity index (χ1) is 8.31. The number of hydrogen-bond acceptors (Lipinski definition) is 4. The summed E-state index contributed by atoms with van der Waals surface area (Å²) >= 11 is 5.87. The van der Waals surface area contributed by atoms with Crippen LogP contribution in [0.2, 0.25) is 5.02 Å². The molecule has 0 unspecified atom stereocenters. The van der Waals surface area contributed by atoms with Crippen LogP contribution < -0.4 is 5.32 Å². The van der Waals surface area contributed by atoms with E-state index in [9.17, 15) is 0 Å². The lowest BCUT2D eigenvalue weighted by molar-refractivity contribution is 0.964. The van der Waals surface area contributed by atoms with Crippen LogP contribution in [0.25, 0.3) is 5.65 Å². The summed E-state index contributed by atoms with van der Waals surface area (Å²) in [6, 6.07) is 9.09. The molecular formula is C11H8ClN5. The molecule has 0 aliphatic heterocycles. The standard InChI is InChI=1S/C11H8ClN5/c12-8-4-6-17-10(7-8)15-11(16-17)14-9-3-1-2-5-13-9/h1-7H,(H,13,14,16). The van der Waals surface area contributed by atoms with E-state index in [1.807, 2.05) is 18.2 Å². The number of pyridine rings is 2. The molecule has 3 aromatic heterocycles. The zero-order chi connectivity index (χ0) is 11.7. The number of anilines is 2. The van der Waals surface area contributed by atoms with Crippen molar-refractivity contribution in [2.75, 3.05) is 5.32 Å². The highest BCUT2D eigenvalue weighted by atomic mass is 35.5. The predicted octanol–water partition coefficient (Wildman–Crippen LogP) is 2.52. The highest BCUT2D eigenvalue weighted by Crippen LogP contribution is 2.14. The quantitative estimate of drug-likeness (QED) is 0.754. The zero-order valence-corrected chi connectivity index (χ0v) is 9.46. The number of hydrogen-bond donors (Lipinski definition) is 1. The minimum Gasteiger partial charge on any atom is -0.307 e. The molecule has 0 aliphatic carbocycles. The molecule has 0 aliphatic rings. The van der Waals surface area contributed by atoms with Crippen molar-refractivity contribution < 1.29 is 0 Å². The summed E-state index contributed by atoms with van der Waals surface area (Å²) in [5.41, 5.74) is 0.691. The van der Waals surface area contributed by atoms with E-state index in [1.54, 1.807) is 29.0 Å². The largest absolute Gasteiger partial charge is 0.307 e. The molecule has 1 N–H and O–H groups in total. The Kier molecular flexibility index (Phi) is 2.38. The van der Waals surface area contributed by atoms with Gasteiger partial charge in [-0.1, -0.05) is 17.7 Å². The third kappa shape index (κ3) is 2.05. The summed E-state index contributed by atoms with van der Waals surface area (Å²) in [7, 11) is 0. The normalized spacial score (nSPS) is 10.6. The van der Waals surface area contributed by atoms with Gasteiger partial charge in [-0.3, -0.25) is 0 Å². The van der Waals surface area contributed by atoms with Crippen LogP contribution in [-0.2, 0) is 0 Å². The minimum absolute atomic E-state index is 0.492. The van der Waals surface area contributed by atoms with Gasteiger partial charge >= 0.3 is 0 Å². The molecule has 6 heteroatoms. The van der Waals surface area contributed by atoms with Gasteiger partial charge in [0.05, 0.1) is 0 Å². The molecule has 5 nitrogen and oxygen atoms in total. The molecule has 3 aromatic rings. The van der Waals surface area contributed by atoms with E-state index in [0.717, 1.165) is 0 Å². The number of nitrogens with one attached hydrogen (secondary N) is 1. The molecule has 0 amide bonds. The fourth-order valence-corrected chi connectivity index (χ4v) is 1.61. The van der Waals surface area contributed by atoms with Gasteiger partial charge in [-0.25, -0.2) is 9.50 Å². The maximum absolute atomic E-state index is 5.87. The van der Waals surface area contributed by atoms with E-state index < -0.39 is 0 Å². The summed E-state index contributed by atoms with van der Waals surface area (Å²) in [4.78, 5) is 8.42. The van der Waals surface area contributed by atoms with Crippen molar-refractivity contribution in [3.05, 3.63) is 47.7 Å². The van der Waals surface area contributed by atoms with Crippen LogP contribution in [0.5, 0.6) is 0 Å². The molecule has 0 bridgehead atoms. The van der Waals surface area contributed by atoms with Crippen molar-refractivity contribution in [3.8, 4) is 0 Å². The Morgan fingerprint density at radius 2 is 2.18 bits per heavy atom. The summed E-state index contributed by atoms with van der Waals surface area (Å²) in [6.07, 6.45) is 3.46. The van der Waals surface area contributed by atoms with E-state index >= 15 is 0 Å². The van der Waals surface area contributed by atoms with Gasteiger partial charge in [0, 0.05) is 23.5 Å². The average Bonchev–Trinajstić information content (AvgIpc) is 2.71. The Morgan fingerprint density at radius 1 is 1.24 bits per heavy atom. The number of halogens is 1. The number of fused-ring (bicyclic) bond motifs is 1. The molecular weight excluding hydrogens is 238 g/mol. The Labute approximate surface area is 102 Å². The van der Waals surface area contributed by atoms with Crippen molar-refractivity contribution in [2.45, 2.75) is 0 Å². The average molecular weight is 246 g/mol. The summed E-state index contributed by atoms with van der Waals surface area (Å²) < 4.78 is 1.65. The maximum Gasteiger partial charge on any atom is 0.248 e. The molecule has 3 heterocycles. The lowest BCUT2D eigenvalue weighted by Gasteiger charge is -1.97. The third-order valence-electron chi connectivity index (χ3n) is 2.20. The molecule has 84 valence electrons. The second kappa shape index (κ2) is 4.03. The third-order valence-corrected chi connectivity index (χ3v) is 2.44. The number of rotatable bonds is 2. The molecule has 0 fully saturated rings. The fraction of sp³-hybridized carbons (Fsp3) is 0. The summed E-state index contributed by atoms with van der Waals surface area (Å²) in [6.45, 7) is 0. The van der Waals surface area contributed by atoms with E-state index in [2.05, 4.69) is 20.4 Å². The smallest absolute Gasteiger partial charge is 0.248 e. The molecule has 17 heavy (non-hydrogen) atoms. The SMILES string of the molecule is Clc1ccn2nc(Nc3ccccn3)nc2c1. The molecule has 0 spiro atoms. The summed E-state index contributed by atoms with van der Waals surface area (Å²) in [5, 5.41) is 7.89. The molecule has 0 saturated carbocycles. The first-order valence-corrected chi connectivity index (χ1v) is 5.39. The topological polar surface area (TPSA) is 55.1 Å². The molecule has 0 radical (unpaired) electrons. The van der Waals surface area contributed by atoms with Crippen LogP contribution in [0.3, 0.4) is 0 Å². The van der Waals surface area contributed by atoms with Crippen molar-refractivity contribution in [1.82, 2.24) is 19.6 Å². The fourth-order valence-electron chi connectivity index (χ4n) is 1.46. The lowest BCUT2D eigenvalue weighted by atomic mass is 10.5. The van der Waals surface area contributed by atoms with Crippen molar-refractivity contribution in [1.29, 1.82) is 0 Å². The van der Waals surface area contributed by atoms with Crippen LogP contribution in [0.15, 0.2) is 42.7 Å². The van der Waals surface area contributed by atoms with Gasteiger partial charge in [-0.15, -0.1) is 5.10 Å². The molecule has 0 atom stereocenters. The highest BCUT2D eigenvalue weighted by molar-refractivity contribution is 6.30. The number of nitrogens with zero attached hydrogens (tertiary/aromatic N) is 4. The first-order valence-electron chi connectivity index (χ1n) is 5.01. The van der Waals surface area contributed by atoms with Crippen LogP contribution >= 0.6 is 11.6 Å². The van der Waals surface area contributed by atoms with Crippen LogP contribution in [0.4, 0.5) is 11.8 Å². The van der Waals surface area contributed by atoms with E-state index in [1.165, 1.54) is 0 Å². The Bertz CT molecular complexity index is 649. The van der Waals surface area contributed by atoms with Gasteiger partial charge in [0.2, 0.25) is 5.95 Å². The van der Waals surface area contributed by atoms with Gasteiger partial charge in [0.25, 0.3) is 0 Å². The van der Waals surface area contributed by atoms with Crippen molar-refractivity contribution in [2.24, 2.45) is 0 Å². The van der Waals surface area contributed by atoms with E-state index in [-0.39, 0.29) is 0 Å². The van der Waals surface area contributed by atoms with Gasteiger partial charge in [0.15, 0.2) is 5.65 Å². The Morgan fingerprint density at radius 3 is 3.00 bits per heavy atom. The molecule has 0 aromatic carbocycles. The molecule has 3 rings (SSSR count). The van der Waals surface area contributed by atoms with Gasteiger partial charge in [-0.2, -0.15) is 4.98 Å². The number of aromatic nitrogens is 4. The van der Waals surface area contributed by atoms with Crippen molar-refractivity contribution >= 4 is 29.0 Å². The minimum atomic E-state index is 0.492. The van der Waals surface area contributed by atoms with Crippen LogP contribution in [-0.4, -0.2) is 19.6 Å². The summed E-state index contributed by atoms with van der Waals surface area (Å²) in [5.74, 6) is 1.19. The van der Waals surface area contributed by atoms with Crippen LogP contribution in [0.1, 0.15) is 0 Å². The van der Waals surface area contributed by atoms with Gasteiger partial charge in [-0.05, 0) is 18.2 Å². The highest BCUT2D eigenvalue weighted by Gasteiger charge is 2.04. The monoisotopic (exact) mass is 245 g/mol. The first kappa shape index (κ1) is 10.0. The zero-order valence-electron chi connectivity index (χ0n) is 8.71. The van der Waals surface area contributed by atoms with E-state index in [0.29, 0.717) is 22.4 Å². The maximum atomic E-state index is 5.87. The Balaban J connectivity index is 1.96. The second-order valence-corrected chi connectivity index (χ2v) is 3.86. The van der Waals surface area contributed by atoms with Crippen molar-refractivity contribution in [3.63, 3.8) is 0 Å². The predicted molar refractivity (Wildman–Crippen MR) is 65.5 cm³/mol. The van der Waals surface area contributed by atoms with Gasteiger partial charge < -0.3 is 5.32 Å². The lowest BCUT2D eigenvalue weighted by Crippen LogP contribution is -1.94. The van der Waals surface area contributed by atoms with Gasteiger partial charge in [0.1, 0.15) is 5.82 Å². The van der Waals surface area contributed by atoms with E-state index in [4.69, 9.17) is 11.6 Å².